The number of aromatic hydroxyl groups is 1. The standard InChI is InChI=1S/C20H23N5O5S/c1-4-5-12-23(2)31(29,30)18-13-14(25(27)28)10-11-16(18)21-22-19-15-8-6-7-9-17(15)24(3)20(19)26/h6-11,13,26H,4-5,12H2,1-3H3. The van der Waals surface area contributed by atoms with Gasteiger partial charge in [-0.1, -0.05) is 31.5 Å². The second-order valence-corrected chi connectivity index (χ2v) is 9.05. The van der Waals surface area contributed by atoms with Crippen molar-refractivity contribution in [2.45, 2.75) is 24.7 Å². The lowest BCUT2D eigenvalue weighted by atomic mass is 10.2. The number of unbranched alkanes of at least 4 members (excludes halogenated alkanes) is 1. The van der Waals surface area contributed by atoms with Crippen molar-refractivity contribution in [1.82, 2.24) is 8.87 Å². The first-order chi connectivity index (χ1) is 14.7. The number of aromatic nitrogens is 1. The Morgan fingerprint density at radius 3 is 2.58 bits per heavy atom. The summed E-state index contributed by atoms with van der Waals surface area (Å²) in [5, 5.41) is 30.4. The zero-order valence-electron chi connectivity index (χ0n) is 17.4. The molecule has 0 aliphatic carbocycles. The van der Waals surface area contributed by atoms with E-state index in [9.17, 15) is 23.6 Å². The molecule has 0 saturated heterocycles. The fraction of sp³-hybridized carbons (Fsp3) is 0.300. The highest BCUT2D eigenvalue weighted by atomic mass is 32.2. The third-order valence-electron chi connectivity index (χ3n) is 4.98. The Morgan fingerprint density at radius 2 is 1.90 bits per heavy atom. The minimum atomic E-state index is -4.04. The van der Waals surface area contributed by atoms with E-state index in [0.717, 1.165) is 22.3 Å². The second kappa shape index (κ2) is 8.82. The molecule has 1 N–H and O–H groups in total. The number of para-hydroxylation sites is 1. The maximum Gasteiger partial charge on any atom is 0.270 e. The van der Waals surface area contributed by atoms with Gasteiger partial charge in [-0.25, -0.2) is 12.7 Å². The number of non-ortho nitro benzene ring substituents is 1. The Labute approximate surface area is 179 Å². The highest BCUT2D eigenvalue weighted by Gasteiger charge is 2.27. The normalized spacial score (nSPS) is 12.3. The van der Waals surface area contributed by atoms with Gasteiger partial charge < -0.3 is 9.67 Å². The Kier molecular flexibility index (Phi) is 6.37. The van der Waals surface area contributed by atoms with Crippen LogP contribution in [0.1, 0.15) is 19.8 Å². The first kappa shape index (κ1) is 22.4. The SMILES string of the molecule is CCCCN(C)S(=O)(=O)c1cc([N+](=O)[O-])ccc1N=Nc1c(O)n(C)c2ccccc12. The van der Waals surface area contributed by atoms with E-state index in [1.54, 1.807) is 25.2 Å². The van der Waals surface area contributed by atoms with Gasteiger partial charge in [0.25, 0.3) is 5.69 Å². The van der Waals surface area contributed by atoms with Crippen molar-refractivity contribution >= 4 is 38.0 Å². The summed E-state index contributed by atoms with van der Waals surface area (Å²) in [5.41, 5.74) is 0.486. The number of sulfonamides is 1. The van der Waals surface area contributed by atoms with Crippen LogP contribution in [0.2, 0.25) is 0 Å². The van der Waals surface area contributed by atoms with Crippen molar-refractivity contribution in [2.24, 2.45) is 17.3 Å². The van der Waals surface area contributed by atoms with Crippen molar-refractivity contribution in [3.05, 3.63) is 52.6 Å². The molecule has 0 bridgehead atoms. The lowest BCUT2D eigenvalue weighted by Gasteiger charge is -2.17. The first-order valence-corrected chi connectivity index (χ1v) is 11.1. The molecule has 0 spiro atoms. The third-order valence-corrected chi connectivity index (χ3v) is 6.86. The summed E-state index contributed by atoms with van der Waals surface area (Å²) in [6, 6.07) is 10.6. The number of nitrogens with zero attached hydrogens (tertiary/aromatic N) is 5. The topological polar surface area (TPSA) is 130 Å². The fourth-order valence-electron chi connectivity index (χ4n) is 3.14. The fourth-order valence-corrected chi connectivity index (χ4v) is 4.48. The Bertz CT molecular complexity index is 1270. The van der Waals surface area contributed by atoms with Gasteiger partial charge in [0, 0.05) is 38.2 Å². The van der Waals surface area contributed by atoms with E-state index in [1.165, 1.54) is 23.7 Å². The molecule has 3 aromatic rings. The first-order valence-electron chi connectivity index (χ1n) is 9.61. The third kappa shape index (κ3) is 4.28. The summed E-state index contributed by atoms with van der Waals surface area (Å²) in [6.07, 6.45) is 1.44. The van der Waals surface area contributed by atoms with Gasteiger partial charge in [0.15, 0.2) is 5.69 Å². The summed E-state index contributed by atoms with van der Waals surface area (Å²) >= 11 is 0. The molecule has 0 saturated carbocycles. The number of hydrogen-bond donors (Lipinski definition) is 1. The molecule has 0 radical (unpaired) electrons. The summed E-state index contributed by atoms with van der Waals surface area (Å²) in [6.45, 7) is 2.20. The Balaban J connectivity index is 2.12. The van der Waals surface area contributed by atoms with Crippen molar-refractivity contribution in [2.75, 3.05) is 13.6 Å². The molecule has 3 rings (SSSR count). The quantitative estimate of drug-likeness (QED) is 0.307. The molecule has 31 heavy (non-hydrogen) atoms. The summed E-state index contributed by atoms with van der Waals surface area (Å²) in [5.74, 6) is -0.128. The predicted molar refractivity (Wildman–Crippen MR) is 117 cm³/mol. The Hall–Kier alpha value is -3.31. The molecule has 2 aromatic carbocycles. The van der Waals surface area contributed by atoms with Crippen LogP contribution in [0, 0.1) is 10.1 Å². The van der Waals surface area contributed by atoms with Crippen LogP contribution in [-0.2, 0) is 17.1 Å². The van der Waals surface area contributed by atoms with Crippen LogP contribution >= 0.6 is 0 Å². The lowest BCUT2D eigenvalue weighted by Crippen LogP contribution is -2.28. The van der Waals surface area contributed by atoms with Crippen molar-refractivity contribution < 1.29 is 18.4 Å². The number of rotatable bonds is 8. The summed E-state index contributed by atoms with van der Waals surface area (Å²) in [4.78, 5) is 10.2. The molecule has 10 nitrogen and oxygen atoms in total. The lowest BCUT2D eigenvalue weighted by molar-refractivity contribution is -0.385. The zero-order chi connectivity index (χ0) is 22.8. The largest absolute Gasteiger partial charge is 0.493 e. The van der Waals surface area contributed by atoms with Crippen LogP contribution in [0.15, 0.2) is 57.6 Å². The van der Waals surface area contributed by atoms with Crippen LogP contribution in [0.4, 0.5) is 17.1 Å². The van der Waals surface area contributed by atoms with E-state index < -0.39 is 14.9 Å². The van der Waals surface area contributed by atoms with E-state index in [2.05, 4.69) is 10.2 Å². The van der Waals surface area contributed by atoms with E-state index in [4.69, 9.17) is 0 Å². The van der Waals surface area contributed by atoms with Gasteiger partial charge in [0.1, 0.15) is 10.6 Å². The van der Waals surface area contributed by atoms with E-state index in [0.29, 0.717) is 11.8 Å². The van der Waals surface area contributed by atoms with Crippen LogP contribution in [0.25, 0.3) is 10.9 Å². The van der Waals surface area contributed by atoms with Gasteiger partial charge in [-0.2, -0.15) is 0 Å². The smallest absolute Gasteiger partial charge is 0.270 e. The molecule has 0 aliphatic rings. The van der Waals surface area contributed by atoms with Gasteiger partial charge in [-0.15, -0.1) is 10.2 Å². The number of nitro benzene ring substituents is 1. The number of azo groups is 1. The number of hydrogen-bond acceptors (Lipinski definition) is 7. The van der Waals surface area contributed by atoms with E-state index >= 15 is 0 Å². The van der Waals surface area contributed by atoms with E-state index in [1.807, 2.05) is 13.0 Å². The molecule has 0 aliphatic heterocycles. The zero-order valence-corrected chi connectivity index (χ0v) is 18.2. The molecule has 0 atom stereocenters. The summed E-state index contributed by atoms with van der Waals surface area (Å²) < 4.78 is 28.8. The minimum Gasteiger partial charge on any atom is -0.493 e. The maximum absolute atomic E-state index is 13.1. The molecule has 0 amide bonds. The number of nitro groups is 1. The van der Waals surface area contributed by atoms with Crippen LogP contribution in [-0.4, -0.2) is 40.9 Å². The monoisotopic (exact) mass is 445 g/mol. The highest BCUT2D eigenvalue weighted by Crippen LogP contribution is 2.39. The molecule has 11 heteroatoms. The average Bonchev–Trinajstić information content (AvgIpc) is 3.00. The minimum absolute atomic E-state index is 0.0544. The Morgan fingerprint density at radius 1 is 1.19 bits per heavy atom. The van der Waals surface area contributed by atoms with Crippen molar-refractivity contribution in [1.29, 1.82) is 0 Å². The van der Waals surface area contributed by atoms with Gasteiger partial charge in [-0.3, -0.25) is 10.1 Å². The van der Waals surface area contributed by atoms with Gasteiger partial charge in [-0.05, 0) is 18.6 Å². The van der Waals surface area contributed by atoms with Gasteiger partial charge in [0.2, 0.25) is 15.9 Å². The second-order valence-electron chi connectivity index (χ2n) is 7.04. The molecule has 1 heterocycles. The van der Waals surface area contributed by atoms with E-state index in [-0.39, 0.29) is 34.4 Å². The van der Waals surface area contributed by atoms with Crippen molar-refractivity contribution in [3.63, 3.8) is 0 Å². The summed E-state index contributed by atoms with van der Waals surface area (Å²) in [7, 11) is -0.957. The number of aryl methyl sites for hydroxylation is 1. The number of benzene rings is 2. The maximum atomic E-state index is 13.1. The molecule has 0 fully saturated rings. The van der Waals surface area contributed by atoms with Crippen LogP contribution < -0.4 is 0 Å². The molecular formula is C20H23N5O5S. The average molecular weight is 446 g/mol. The van der Waals surface area contributed by atoms with Gasteiger partial charge in [0.05, 0.1) is 10.4 Å². The van der Waals surface area contributed by atoms with Crippen molar-refractivity contribution in [3.8, 4) is 5.88 Å². The number of fused-ring (bicyclic) bond motifs is 1. The molecular weight excluding hydrogens is 422 g/mol. The predicted octanol–water partition coefficient (Wildman–Crippen LogP) is 4.63. The van der Waals surface area contributed by atoms with Crippen LogP contribution in [0.5, 0.6) is 5.88 Å². The highest BCUT2D eigenvalue weighted by molar-refractivity contribution is 7.89. The molecule has 1 aromatic heterocycles. The van der Waals surface area contributed by atoms with Crippen LogP contribution in [0.3, 0.4) is 0 Å². The molecule has 0 unspecified atom stereocenters. The van der Waals surface area contributed by atoms with Gasteiger partial charge >= 0.3 is 0 Å². The molecule has 164 valence electrons.